The molecular weight excluding hydrogens is 237 g/mol. The highest BCUT2D eigenvalue weighted by Crippen LogP contribution is 2.42. The number of carbonyl (C=O) groups is 1. The van der Waals surface area contributed by atoms with Gasteiger partial charge in [0.05, 0.1) is 5.56 Å². The summed E-state index contributed by atoms with van der Waals surface area (Å²) in [5, 5.41) is 8.93. The van der Waals surface area contributed by atoms with Crippen LogP contribution in [0.1, 0.15) is 34.7 Å². The second-order valence-corrected chi connectivity index (χ2v) is 3.88. The molecule has 0 spiro atoms. The van der Waals surface area contributed by atoms with Crippen molar-refractivity contribution in [1.82, 2.24) is 0 Å². The lowest BCUT2D eigenvalue weighted by Gasteiger charge is -2.11. The van der Waals surface area contributed by atoms with Crippen molar-refractivity contribution in [2.24, 2.45) is 0 Å². The van der Waals surface area contributed by atoms with E-state index >= 15 is 0 Å². The first-order valence-electron chi connectivity index (χ1n) is 5.00. The molecule has 0 bridgehead atoms. The third-order valence-corrected chi connectivity index (χ3v) is 2.51. The Hall–Kier alpha value is -1.72. The highest BCUT2D eigenvalue weighted by atomic mass is 19.4. The predicted molar refractivity (Wildman–Crippen MR) is 52.1 cm³/mol. The summed E-state index contributed by atoms with van der Waals surface area (Å²) >= 11 is 0. The van der Waals surface area contributed by atoms with Gasteiger partial charge >= 0.3 is 12.3 Å². The van der Waals surface area contributed by atoms with Crippen molar-refractivity contribution < 1.29 is 27.8 Å². The fraction of sp³-hybridized carbons (Fsp3) is 0.364. The molecule has 1 saturated carbocycles. The minimum Gasteiger partial charge on any atom is -0.478 e. The van der Waals surface area contributed by atoms with Crippen molar-refractivity contribution in [1.29, 1.82) is 0 Å². The third kappa shape index (κ3) is 2.89. The Morgan fingerprint density at radius 1 is 1.35 bits per heavy atom. The molecule has 0 radical (unpaired) electrons. The first kappa shape index (κ1) is 11.8. The Morgan fingerprint density at radius 3 is 2.47 bits per heavy atom. The maximum atomic E-state index is 12.0. The molecule has 0 unspecified atom stereocenters. The summed E-state index contributed by atoms with van der Waals surface area (Å²) in [5.41, 5.74) is 0.460. The van der Waals surface area contributed by atoms with Gasteiger partial charge < -0.3 is 9.84 Å². The van der Waals surface area contributed by atoms with Gasteiger partial charge in [0.25, 0.3) is 0 Å². The minimum atomic E-state index is -4.81. The lowest BCUT2D eigenvalue weighted by Crippen LogP contribution is -2.17. The molecule has 0 amide bonds. The Bertz CT molecular complexity index is 450. The molecule has 1 aliphatic carbocycles. The summed E-state index contributed by atoms with van der Waals surface area (Å²) in [6.45, 7) is 0. The summed E-state index contributed by atoms with van der Waals surface area (Å²) in [6, 6.07) is 3.46. The van der Waals surface area contributed by atoms with Crippen LogP contribution in [0.5, 0.6) is 5.75 Å². The number of carboxylic acid groups (broad SMARTS) is 1. The van der Waals surface area contributed by atoms with Crippen molar-refractivity contribution >= 4 is 5.97 Å². The summed E-state index contributed by atoms with van der Waals surface area (Å²) in [5.74, 6) is -1.58. The number of rotatable bonds is 3. The van der Waals surface area contributed by atoms with Crippen molar-refractivity contribution in [3.05, 3.63) is 29.3 Å². The van der Waals surface area contributed by atoms with Gasteiger partial charge in [-0.3, -0.25) is 0 Å². The molecule has 1 aromatic carbocycles. The first-order valence-corrected chi connectivity index (χ1v) is 5.00. The van der Waals surface area contributed by atoms with E-state index in [-0.39, 0.29) is 11.5 Å². The van der Waals surface area contributed by atoms with Crippen LogP contribution in [0.4, 0.5) is 13.2 Å². The number of carboxylic acids is 1. The molecule has 0 heterocycles. The highest BCUT2D eigenvalue weighted by Gasteiger charge is 2.33. The maximum absolute atomic E-state index is 12.0. The molecule has 3 nitrogen and oxygen atoms in total. The maximum Gasteiger partial charge on any atom is 0.573 e. The van der Waals surface area contributed by atoms with E-state index in [4.69, 9.17) is 5.11 Å². The largest absolute Gasteiger partial charge is 0.573 e. The Balaban J connectivity index is 2.32. The SMILES string of the molecule is O=C(O)c1cc(OC(F)(F)F)ccc1C1CC1. The number of benzene rings is 1. The zero-order valence-electron chi connectivity index (χ0n) is 8.62. The quantitative estimate of drug-likeness (QED) is 0.891. The molecule has 0 saturated heterocycles. The van der Waals surface area contributed by atoms with Crippen LogP contribution in [-0.2, 0) is 0 Å². The van der Waals surface area contributed by atoms with Gasteiger partial charge in [0.2, 0.25) is 0 Å². The Morgan fingerprint density at radius 2 is 2.00 bits per heavy atom. The minimum absolute atomic E-state index is 0.116. The summed E-state index contributed by atoms with van der Waals surface area (Å²) in [7, 11) is 0. The van der Waals surface area contributed by atoms with Crippen LogP contribution in [0.25, 0.3) is 0 Å². The summed E-state index contributed by atoms with van der Waals surface area (Å²) < 4.78 is 39.6. The van der Waals surface area contributed by atoms with Gasteiger partial charge in [0.1, 0.15) is 5.75 Å². The molecule has 6 heteroatoms. The van der Waals surface area contributed by atoms with E-state index < -0.39 is 18.1 Å². The Kier molecular flexibility index (Phi) is 2.73. The van der Waals surface area contributed by atoms with Crippen LogP contribution in [0.15, 0.2) is 18.2 Å². The zero-order chi connectivity index (χ0) is 12.6. The van der Waals surface area contributed by atoms with E-state index in [2.05, 4.69) is 4.74 Å². The van der Waals surface area contributed by atoms with E-state index in [0.717, 1.165) is 25.0 Å². The third-order valence-electron chi connectivity index (χ3n) is 2.51. The van der Waals surface area contributed by atoms with Gasteiger partial charge in [-0.15, -0.1) is 13.2 Å². The van der Waals surface area contributed by atoms with Crippen LogP contribution >= 0.6 is 0 Å². The van der Waals surface area contributed by atoms with E-state index in [1.54, 1.807) is 0 Å². The lowest BCUT2D eigenvalue weighted by molar-refractivity contribution is -0.274. The molecule has 92 valence electrons. The van der Waals surface area contributed by atoms with Gasteiger partial charge in [-0.1, -0.05) is 6.07 Å². The molecule has 2 rings (SSSR count). The van der Waals surface area contributed by atoms with E-state index in [0.29, 0.717) is 5.56 Å². The molecule has 1 aliphatic rings. The second kappa shape index (κ2) is 3.94. The van der Waals surface area contributed by atoms with Crippen molar-refractivity contribution in [3.63, 3.8) is 0 Å². The monoisotopic (exact) mass is 246 g/mol. The van der Waals surface area contributed by atoms with Crippen LogP contribution in [0.2, 0.25) is 0 Å². The normalized spacial score (nSPS) is 15.7. The topological polar surface area (TPSA) is 46.5 Å². The molecular formula is C11H9F3O3. The van der Waals surface area contributed by atoms with E-state index in [1.807, 2.05) is 0 Å². The van der Waals surface area contributed by atoms with E-state index in [1.165, 1.54) is 6.07 Å². The van der Waals surface area contributed by atoms with Crippen molar-refractivity contribution in [2.75, 3.05) is 0 Å². The molecule has 0 atom stereocenters. The number of hydrogen-bond donors (Lipinski definition) is 1. The van der Waals surface area contributed by atoms with Crippen LogP contribution in [-0.4, -0.2) is 17.4 Å². The molecule has 1 fully saturated rings. The second-order valence-electron chi connectivity index (χ2n) is 3.88. The number of ether oxygens (including phenoxy) is 1. The molecule has 0 aromatic heterocycles. The average Bonchev–Trinajstić information content (AvgIpc) is 2.98. The van der Waals surface area contributed by atoms with Gasteiger partial charge in [-0.05, 0) is 36.5 Å². The fourth-order valence-corrected chi connectivity index (χ4v) is 1.67. The molecule has 0 aliphatic heterocycles. The van der Waals surface area contributed by atoms with Gasteiger partial charge in [0, 0.05) is 0 Å². The molecule has 1 N–H and O–H groups in total. The summed E-state index contributed by atoms with van der Waals surface area (Å²) in [4.78, 5) is 10.9. The number of alkyl halides is 3. The standard InChI is InChI=1S/C11H9F3O3/c12-11(13,14)17-7-3-4-8(6-1-2-6)9(5-7)10(15)16/h3-6H,1-2H2,(H,15,16). The van der Waals surface area contributed by atoms with Gasteiger partial charge in [-0.2, -0.15) is 0 Å². The first-order chi connectivity index (χ1) is 7.87. The van der Waals surface area contributed by atoms with Gasteiger partial charge in [-0.25, -0.2) is 4.79 Å². The highest BCUT2D eigenvalue weighted by molar-refractivity contribution is 5.90. The van der Waals surface area contributed by atoms with Crippen molar-refractivity contribution in [3.8, 4) is 5.75 Å². The molecule has 1 aromatic rings. The zero-order valence-corrected chi connectivity index (χ0v) is 8.62. The smallest absolute Gasteiger partial charge is 0.478 e. The predicted octanol–water partition coefficient (Wildman–Crippen LogP) is 3.16. The van der Waals surface area contributed by atoms with E-state index in [9.17, 15) is 18.0 Å². The van der Waals surface area contributed by atoms with Crippen LogP contribution in [0, 0.1) is 0 Å². The van der Waals surface area contributed by atoms with Crippen LogP contribution < -0.4 is 4.74 Å². The van der Waals surface area contributed by atoms with Gasteiger partial charge in [0.15, 0.2) is 0 Å². The number of hydrogen-bond acceptors (Lipinski definition) is 2. The average molecular weight is 246 g/mol. The van der Waals surface area contributed by atoms with Crippen molar-refractivity contribution in [2.45, 2.75) is 25.1 Å². The lowest BCUT2D eigenvalue weighted by atomic mass is 10.0. The van der Waals surface area contributed by atoms with Crippen LogP contribution in [0.3, 0.4) is 0 Å². The molecule has 17 heavy (non-hydrogen) atoms. The Labute approximate surface area is 94.8 Å². The number of halogens is 3. The fourth-order valence-electron chi connectivity index (χ4n) is 1.67. The summed E-state index contributed by atoms with van der Waals surface area (Å²) in [6.07, 6.45) is -3.06. The number of aromatic carboxylic acids is 1.